The van der Waals surface area contributed by atoms with E-state index >= 15 is 0 Å². The van der Waals surface area contributed by atoms with Gasteiger partial charge in [0, 0.05) is 11.8 Å². The summed E-state index contributed by atoms with van der Waals surface area (Å²) in [4.78, 5) is 4.44. The van der Waals surface area contributed by atoms with Crippen LogP contribution in [0.2, 0.25) is 0 Å². The van der Waals surface area contributed by atoms with Crippen molar-refractivity contribution >= 4 is 27.1 Å². The molecule has 0 saturated carbocycles. The van der Waals surface area contributed by atoms with Gasteiger partial charge in [0.1, 0.15) is 17.5 Å². The Bertz CT molecular complexity index is 638. The number of aliphatic imine (C=N–C) groups is 1. The Labute approximate surface area is 149 Å². The van der Waals surface area contributed by atoms with Crippen LogP contribution in [0.5, 0.6) is 5.75 Å². The molecule has 1 aromatic carbocycles. The zero-order valence-electron chi connectivity index (χ0n) is 13.7. The maximum absolute atomic E-state index is 13.4. The molecule has 0 saturated heterocycles. The highest BCUT2D eigenvalue weighted by molar-refractivity contribution is 7.18. The number of likely N-dealkylation sites (N-methyl/N-ethyl adjacent to an activating group) is 1. The van der Waals surface area contributed by atoms with Crippen molar-refractivity contribution in [3.8, 4) is 5.75 Å². The van der Waals surface area contributed by atoms with Crippen LogP contribution in [0.4, 0.5) is 4.39 Å². The van der Waals surface area contributed by atoms with E-state index in [1.807, 2.05) is 37.4 Å². The lowest BCUT2D eigenvalue weighted by Crippen LogP contribution is -2.31. The monoisotopic (exact) mass is 369 g/mol. The molecule has 7 heteroatoms. The molecule has 1 aliphatic heterocycles. The van der Waals surface area contributed by atoms with E-state index in [1.165, 1.54) is 6.92 Å². The molecule has 0 fully saturated rings. The molecular weight excluding hydrogens is 348 g/mol. The summed E-state index contributed by atoms with van der Waals surface area (Å²) in [6, 6.07) is 7.50. The van der Waals surface area contributed by atoms with Gasteiger partial charge in [-0.15, -0.1) is 0 Å². The summed E-state index contributed by atoms with van der Waals surface area (Å²) >= 11 is 6.17. The first kappa shape index (κ1) is 18.9. The van der Waals surface area contributed by atoms with Crippen LogP contribution in [0.1, 0.15) is 12.5 Å². The molecule has 3 unspecified atom stereocenters. The van der Waals surface area contributed by atoms with E-state index in [4.69, 9.17) is 16.3 Å². The van der Waals surface area contributed by atoms with E-state index in [-0.39, 0.29) is 12.6 Å². The summed E-state index contributed by atoms with van der Waals surface area (Å²) in [5, 5.41) is 5.26. The van der Waals surface area contributed by atoms with Crippen LogP contribution in [0, 0.1) is 0 Å². The third-order valence-corrected chi connectivity index (χ3v) is 3.84. The predicted octanol–water partition coefficient (Wildman–Crippen LogP) is 3.35. The van der Waals surface area contributed by atoms with Crippen molar-refractivity contribution in [1.82, 2.24) is 10.6 Å². The molecule has 2 rings (SSSR count). The standard InChI is InChI=1S/C17H22ClFN3OP/c1-17(19,24)11-23-13-5-3-12(4-6-13)9-21-10-14-15(20-2)7-8-22-16(14)18/h3-8,10,15,20,22H,9,11,24H2,1-2H3. The van der Waals surface area contributed by atoms with Gasteiger partial charge in [-0.25, -0.2) is 4.39 Å². The first-order valence-electron chi connectivity index (χ1n) is 7.58. The second kappa shape index (κ2) is 8.61. The molecule has 0 amide bonds. The van der Waals surface area contributed by atoms with Crippen molar-refractivity contribution in [3.63, 3.8) is 0 Å². The Balaban J connectivity index is 1.92. The molecular formula is C17H22ClFN3OP. The fourth-order valence-corrected chi connectivity index (χ4v) is 2.41. The molecule has 24 heavy (non-hydrogen) atoms. The third kappa shape index (κ3) is 5.90. The van der Waals surface area contributed by atoms with Gasteiger partial charge >= 0.3 is 0 Å². The molecule has 1 aliphatic rings. The molecule has 3 atom stereocenters. The molecule has 0 bridgehead atoms. The Kier molecular flexibility index (Phi) is 6.79. The Hall–Kier alpha value is -1.42. The number of hydrogen-bond acceptors (Lipinski definition) is 4. The van der Waals surface area contributed by atoms with Crippen LogP contribution in [0.25, 0.3) is 0 Å². The van der Waals surface area contributed by atoms with E-state index in [9.17, 15) is 4.39 Å². The first-order chi connectivity index (χ1) is 11.4. The summed E-state index contributed by atoms with van der Waals surface area (Å²) in [7, 11) is 3.98. The highest BCUT2D eigenvalue weighted by Gasteiger charge is 2.16. The van der Waals surface area contributed by atoms with E-state index in [1.54, 1.807) is 12.4 Å². The molecule has 130 valence electrons. The minimum absolute atomic E-state index is 0.00621. The van der Waals surface area contributed by atoms with Crippen molar-refractivity contribution in [1.29, 1.82) is 0 Å². The Morgan fingerprint density at radius 2 is 2.17 bits per heavy atom. The van der Waals surface area contributed by atoms with Crippen molar-refractivity contribution in [2.45, 2.75) is 24.9 Å². The van der Waals surface area contributed by atoms with Gasteiger partial charge < -0.3 is 15.4 Å². The van der Waals surface area contributed by atoms with Crippen LogP contribution >= 0.6 is 20.8 Å². The SMILES string of the molecule is CNC1C=CNC(Cl)=C1C=NCc1ccc(OCC(C)(F)P)cc1. The minimum atomic E-state index is -1.43. The zero-order valence-corrected chi connectivity index (χ0v) is 15.6. The number of alkyl halides is 1. The molecule has 2 N–H and O–H groups in total. The average molecular weight is 370 g/mol. The van der Waals surface area contributed by atoms with Crippen molar-refractivity contribution in [3.05, 3.63) is 52.8 Å². The third-order valence-electron chi connectivity index (χ3n) is 3.35. The highest BCUT2D eigenvalue weighted by Crippen LogP contribution is 2.21. The van der Waals surface area contributed by atoms with Gasteiger partial charge in [0.05, 0.1) is 12.6 Å². The summed E-state index contributed by atoms with van der Waals surface area (Å²) in [6.07, 6.45) is 5.55. The average Bonchev–Trinajstić information content (AvgIpc) is 2.54. The van der Waals surface area contributed by atoms with Crippen molar-refractivity contribution < 1.29 is 9.13 Å². The maximum Gasteiger partial charge on any atom is 0.154 e. The van der Waals surface area contributed by atoms with Gasteiger partial charge in [0.25, 0.3) is 0 Å². The second-order valence-corrected chi connectivity index (χ2v) is 7.30. The lowest BCUT2D eigenvalue weighted by molar-refractivity contribution is 0.182. The van der Waals surface area contributed by atoms with Gasteiger partial charge in [-0.2, -0.15) is 0 Å². The molecule has 0 aliphatic carbocycles. The number of nitrogens with one attached hydrogen (secondary N) is 2. The highest BCUT2D eigenvalue weighted by atomic mass is 35.5. The second-order valence-electron chi connectivity index (χ2n) is 5.72. The van der Waals surface area contributed by atoms with Gasteiger partial charge in [-0.3, -0.25) is 4.99 Å². The van der Waals surface area contributed by atoms with Crippen LogP contribution in [0.15, 0.2) is 52.3 Å². The molecule has 0 aromatic heterocycles. The number of halogens is 2. The molecule has 1 heterocycles. The quantitative estimate of drug-likeness (QED) is 0.440. The molecule has 0 spiro atoms. The number of ether oxygens (including phenoxy) is 1. The molecule has 1 aromatic rings. The topological polar surface area (TPSA) is 45.7 Å². The lowest BCUT2D eigenvalue weighted by atomic mass is 10.1. The number of hydrogen-bond donors (Lipinski definition) is 2. The predicted molar refractivity (Wildman–Crippen MR) is 101 cm³/mol. The lowest BCUT2D eigenvalue weighted by Gasteiger charge is -2.19. The largest absolute Gasteiger partial charge is 0.490 e. The molecule has 0 radical (unpaired) electrons. The van der Waals surface area contributed by atoms with E-state index in [2.05, 4.69) is 24.9 Å². The summed E-state index contributed by atoms with van der Waals surface area (Å²) in [6.45, 7) is 1.97. The van der Waals surface area contributed by atoms with Gasteiger partial charge in [-0.05, 0) is 43.9 Å². The van der Waals surface area contributed by atoms with Gasteiger partial charge in [0.15, 0.2) is 5.41 Å². The van der Waals surface area contributed by atoms with Crippen LogP contribution in [-0.2, 0) is 6.54 Å². The smallest absolute Gasteiger partial charge is 0.154 e. The van der Waals surface area contributed by atoms with E-state index in [0.717, 1.165) is 11.1 Å². The fraction of sp³-hybridized carbons (Fsp3) is 0.353. The van der Waals surface area contributed by atoms with E-state index in [0.29, 0.717) is 17.5 Å². The van der Waals surface area contributed by atoms with Crippen LogP contribution in [0.3, 0.4) is 0 Å². The van der Waals surface area contributed by atoms with Crippen LogP contribution < -0.4 is 15.4 Å². The molecule has 4 nitrogen and oxygen atoms in total. The van der Waals surface area contributed by atoms with Crippen molar-refractivity contribution in [2.75, 3.05) is 13.7 Å². The summed E-state index contributed by atoms with van der Waals surface area (Å²) < 4.78 is 18.8. The first-order valence-corrected chi connectivity index (χ1v) is 8.54. The zero-order chi connectivity index (χ0) is 17.6. The van der Waals surface area contributed by atoms with Crippen molar-refractivity contribution in [2.24, 2.45) is 4.99 Å². The Morgan fingerprint density at radius 1 is 1.46 bits per heavy atom. The number of rotatable bonds is 7. The number of dihydropyridines is 1. The fourth-order valence-electron chi connectivity index (χ4n) is 2.09. The maximum atomic E-state index is 13.4. The van der Waals surface area contributed by atoms with E-state index < -0.39 is 5.41 Å². The number of nitrogens with zero attached hydrogens (tertiary/aromatic N) is 1. The summed E-state index contributed by atoms with van der Waals surface area (Å²) in [5.74, 6) is 0.636. The summed E-state index contributed by atoms with van der Waals surface area (Å²) in [5.41, 5.74) is 1.92. The van der Waals surface area contributed by atoms with Gasteiger partial charge in [0.2, 0.25) is 0 Å². The minimum Gasteiger partial charge on any atom is -0.490 e. The Morgan fingerprint density at radius 3 is 2.79 bits per heavy atom. The normalized spacial score (nSPS) is 20.1. The number of benzene rings is 1. The van der Waals surface area contributed by atoms with Crippen LogP contribution in [-0.4, -0.2) is 31.3 Å². The van der Waals surface area contributed by atoms with Gasteiger partial charge in [-0.1, -0.05) is 33.0 Å².